The summed E-state index contributed by atoms with van der Waals surface area (Å²) in [5.74, 6) is -1.22. The summed E-state index contributed by atoms with van der Waals surface area (Å²) < 4.78 is 0. The van der Waals surface area contributed by atoms with E-state index in [2.05, 4.69) is 15.8 Å². The lowest BCUT2D eigenvalue weighted by Crippen LogP contribution is -2.19. The summed E-state index contributed by atoms with van der Waals surface area (Å²) >= 11 is 1.56. The molecule has 0 atom stereocenters. The number of amides is 2. The van der Waals surface area contributed by atoms with Crippen molar-refractivity contribution in [3.05, 3.63) is 75.0 Å². The number of aryl methyl sites for hydroxylation is 1. The summed E-state index contributed by atoms with van der Waals surface area (Å²) in [6, 6.07) is 10.8. The number of phenolic OH excluding ortho intramolecular Hbond substituents is 2. The summed E-state index contributed by atoms with van der Waals surface area (Å²) in [5.41, 5.74) is 5.82. The molecule has 3 aromatic rings. The number of hydrogen-bond donors (Lipinski definition) is 4. The van der Waals surface area contributed by atoms with E-state index in [1.807, 2.05) is 19.2 Å². The third-order valence-electron chi connectivity index (χ3n) is 4.79. The van der Waals surface area contributed by atoms with Crippen LogP contribution in [0.3, 0.4) is 0 Å². The fraction of sp³-hybridized carbons (Fsp3) is 0.174. The van der Waals surface area contributed by atoms with E-state index in [9.17, 15) is 19.8 Å². The Morgan fingerprint density at radius 1 is 1.06 bits per heavy atom. The molecule has 8 heteroatoms. The Morgan fingerprint density at radius 3 is 2.58 bits per heavy atom. The van der Waals surface area contributed by atoms with Crippen molar-refractivity contribution in [2.45, 2.75) is 27.2 Å². The van der Waals surface area contributed by atoms with Crippen LogP contribution in [0, 0.1) is 6.92 Å². The molecule has 1 heterocycles. The zero-order chi connectivity index (χ0) is 22.5. The predicted molar refractivity (Wildman–Crippen MR) is 122 cm³/mol. The number of carbonyl (C=O) groups excluding carboxylic acids is 2. The number of hydrogen-bond acceptors (Lipinski definition) is 6. The first-order valence-corrected chi connectivity index (χ1v) is 10.5. The van der Waals surface area contributed by atoms with Gasteiger partial charge in [0.05, 0.1) is 16.8 Å². The lowest BCUT2D eigenvalue weighted by Gasteiger charge is -2.09. The van der Waals surface area contributed by atoms with Gasteiger partial charge in [0.15, 0.2) is 0 Å². The minimum atomic E-state index is -0.655. The van der Waals surface area contributed by atoms with Gasteiger partial charge in [0.25, 0.3) is 11.8 Å². The molecule has 0 fully saturated rings. The minimum absolute atomic E-state index is 0.0876. The maximum Gasteiger partial charge on any atom is 0.275 e. The highest BCUT2D eigenvalue weighted by Gasteiger charge is 2.15. The molecule has 0 bridgehead atoms. The average molecular weight is 438 g/mol. The maximum absolute atomic E-state index is 12.7. The molecule has 2 amide bonds. The molecular formula is C23H23N3O4S. The third-order valence-corrected chi connectivity index (χ3v) is 5.74. The highest BCUT2D eigenvalue weighted by Crippen LogP contribution is 2.24. The Labute approximate surface area is 184 Å². The molecule has 1 aromatic heterocycles. The zero-order valence-electron chi connectivity index (χ0n) is 17.4. The number of nitrogens with zero attached hydrogens (tertiary/aromatic N) is 1. The largest absolute Gasteiger partial charge is 0.508 e. The van der Waals surface area contributed by atoms with Crippen molar-refractivity contribution in [2.24, 2.45) is 5.10 Å². The van der Waals surface area contributed by atoms with Crippen LogP contribution in [-0.4, -0.2) is 27.7 Å². The van der Waals surface area contributed by atoms with Crippen LogP contribution < -0.4 is 10.7 Å². The molecule has 7 nitrogen and oxygen atoms in total. The second-order valence-corrected chi connectivity index (χ2v) is 8.00. The van der Waals surface area contributed by atoms with Gasteiger partial charge in [-0.15, -0.1) is 11.3 Å². The van der Waals surface area contributed by atoms with Crippen LogP contribution in [0.5, 0.6) is 11.5 Å². The number of benzene rings is 2. The standard InChI is InChI=1S/C23H23N3O4S/c1-4-18-14(3)31-12-20(18)22(29)24-16-7-5-6-15(10-16)13(2)25-26-23(30)19-11-17(27)8-9-21(19)28/h5-12,27-28H,4H2,1-3H3,(H,24,29)(H,26,30)/b25-13+. The van der Waals surface area contributed by atoms with Gasteiger partial charge in [-0.3, -0.25) is 9.59 Å². The van der Waals surface area contributed by atoms with Crippen LogP contribution in [0.15, 0.2) is 52.9 Å². The summed E-state index contributed by atoms with van der Waals surface area (Å²) in [4.78, 5) is 26.1. The van der Waals surface area contributed by atoms with Crippen molar-refractivity contribution < 1.29 is 19.8 Å². The van der Waals surface area contributed by atoms with Crippen molar-refractivity contribution >= 4 is 34.6 Å². The Morgan fingerprint density at radius 2 is 1.84 bits per heavy atom. The quantitative estimate of drug-likeness (QED) is 0.260. The number of nitrogens with one attached hydrogen (secondary N) is 2. The topological polar surface area (TPSA) is 111 Å². The van der Waals surface area contributed by atoms with Gasteiger partial charge in [0.2, 0.25) is 0 Å². The van der Waals surface area contributed by atoms with Gasteiger partial charge < -0.3 is 15.5 Å². The monoisotopic (exact) mass is 437 g/mol. The van der Waals surface area contributed by atoms with Gasteiger partial charge in [-0.05, 0) is 61.7 Å². The highest BCUT2D eigenvalue weighted by atomic mass is 32.1. The van der Waals surface area contributed by atoms with Gasteiger partial charge in [-0.1, -0.05) is 19.1 Å². The first-order valence-electron chi connectivity index (χ1n) is 9.65. The molecular weight excluding hydrogens is 414 g/mol. The minimum Gasteiger partial charge on any atom is -0.508 e. The fourth-order valence-corrected chi connectivity index (χ4v) is 4.04. The number of hydrazone groups is 1. The summed E-state index contributed by atoms with van der Waals surface area (Å²) in [7, 11) is 0. The van der Waals surface area contributed by atoms with Crippen LogP contribution >= 0.6 is 11.3 Å². The Kier molecular flexibility index (Phi) is 6.71. The van der Waals surface area contributed by atoms with E-state index < -0.39 is 5.91 Å². The summed E-state index contributed by atoms with van der Waals surface area (Å²) in [6.07, 6.45) is 0.790. The van der Waals surface area contributed by atoms with Crippen LogP contribution in [0.2, 0.25) is 0 Å². The molecule has 0 aliphatic heterocycles. The Bertz CT molecular complexity index is 1170. The molecule has 0 saturated carbocycles. The number of aromatic hydroxyl groups is 2. The van der Waals surface area contributed by atoms with Gasteiger partial charge in [-0.25, -0.2) is 5.43 Å². The van der Waals surface area contributed by atoms with Crippen LogP contribution in [0.1, 0.15) is 50.6 Å². The van der Waals surface area contributed by atoms with E-state index in [0.29, 0.717) is 22.5 Å². The molecule has 160 valence electrons. The molecule has 2 aromatic carbocycles. The lowest BCUT2D eigenvalue weighted by molar-refractivity contribution is 0.0951. The van der Waals surface area contributed by atoms with Crippen LogP contribution in [0.25, 0.3) is 0 Å². The summed E-state index contributed by atoms with van der Waals surface area (Å²) in [5, 5.41) is 28.1. The molecule has 0 aliphatic carbocycles. The lowest BCUT2D eigenvalue weighted by atomic mass is 10.1. The second kappa shape index (κ2) is 9.44. The smallest absolute Gasteiger partial charge is 0.275 e. The Hall–Kier alpha value is -3.65. The first kappa shape index (κ1) is 22.0. The average Bonchev–Trinajstić information content (AvgIpc) is 3.14. The number of carbonyl (C=O) groups is 2. The molecule has 0 radical (unpaired) electrons. The van der Waals surface area contributed by atoms with E-state index >= 15 is 0 Å². The van der Waals surface area contributed by atoms with E-state index in [-0.39, 0.29) is 23.0 Å². The molecule has 3 rings (SSSR count). The van der Waals surface area contributed by atoms with E-state index in [4.69, 9.17) is 0 Å². The van der Waals surface area contributed by atoms with Crippen molar-refractivity contribution in [1.29, 1.82) is 0 Å². The first-order chi connectivity index (χ1) is 14.8. The van der Waals surface area contributed by atoms with Crippen molar-refractivity contribution in [3.63, 3.8) is 0 Å². The number of anilines is 1. The zero-order valence-corrected chi connectivity index (χ0v) is 18.2. The predicted octanol–water partition coefficient (Wildman–Crippen LogP) is 4.44. The summed E-state index contributed by atoms with van der Waals surface area (Å²) in [6.45, 7) is 5.74. The second-order valence-electron chi connectivity index (χ2n) is 6.91. The molecule has 0 aliphatic rings. The molecule has 31 heavy (non-hydrogen) atoms. The number of thiophene rings is 1. The molecule has 0 saturated heterocycles. The van der Waals surface area contributed by atoms with Crippen molar-refractivity contribution in [3.8, 4) is 11.5 Å². The van der Waals surface area contributed by atoms with E-state index in [1.54, 1.807) is 42.5 Å². The number of phenols is 2. The molecule has 0 spiro atoms. The van der Waals surface area contributed by atoms with Crippen LogP contribution in [0.4, 0.5) is 5.69 Å². The maximum atomic E-state index is 12.7. The van der Waals surface area contributed by atoms with E-state index in [0.717, 1.165) is 22.9 Å². The van der Waals surface area contributed by atoms with E-state index in [1.165, 1.54) is 12.1 Å². The SMILES string of the molecule is CCc1c(C(=O)Nc2cccc(/C(C)=N/NC(=O)c3cc(O)ccc3O)c2)csc1C. The van der Waals surface area contributed by atoms with Crippen LogP contribution in [-0.2, 0) is 6.42 Å². The highest BCUT2D eigenvalue weighted by molar-refractivity contribution is 7.10. The normalized spacial score (nSPS) is 11.3. The van der Waals surface area contributed by atoms with Gasteiger partial charge in [-0.2, -0.15) is 5.10 Å². The fourth-order valence-electron chi connectivity index (χ4n) is 3.09. The van der Waals surface area contributed by atoms with Gasteiger partial charge >= 0.3 is 0 Å². The molecule has 4 N–H and O–H groups in total. The van der Waals surface area contributed by atoms with Crippen molar-refractivity contribution in [2.75, 3.05) is 5.32 Å². The molecule has 0 unspecified atom stereocenters. The Balaban J connectivity index is 1.73. The van der Waals surface area contributed by atoms with Gasteiger partial charge in [0.1, 0.15) is 11.5 Å². The van der Waals surface area contributed by atoms with Crippen molar-refractivity contribution in [1.82, 2.24) is 5.43 Å². The third kappa shape index (κ3) is 5.10. The number of rotatable bonds is 6. The van der Waals surface area contributed by atoms with Gasteiger partial charge in [0, 0.05) is 15.9 Å².